The van der Waals surface area contributed by atoms with Gasteiger partial charge in [-0.3, -0.25) is 0 Å². The Morgan fingerprint density at radius 3 is 2.23 bits per heavy atom. The molecule has 0 saturated heterocycles. The van der Waals surface area contributed by atoms with Crippen LogP contribution in [-0.2, 0) is 0 Å². The van der Waals surface area contributed by atoms with Crippen molar-refractivity contribution in [2.45, 2.75) is 57.4 Å². The van der Waals surface area contributed by atoms with E-state index in [0.717, 1.165) is 6.54 Å². The van der Waals surface area contributed by atoms with Crippen LogP contribution in [0.2, 0.25) is 0 Å². The molecule has 1 nitrogen and oxygen atoms in total. The first-order chi connectivity index (χ1) is 6.31. The standard InChI is InChI=1S/C12H21N/c1-11-9-12(13-10-11)7-5-3-2-4-6-8-12/h9,13H,2-8,10H2,1H3. The Balaban J connectivity index is 2.02. The van der Waals surface area contributed by atoms with Crippen molar-refractivity contribution in [2.24, 2.45) is 0 Å². The highest BCUT2D eigenvalue weighted by atomic mass is 15.0. The molecule has 1 saturated carbocycles. The molecule has 13 heavy (non-hydrogen) atoms. The van der Waals surface area contributed by atoms with Crippen molar-refractivity contribution in [1.29, 1.82) is 0 Å². The summed E-state index contributed by atoms with van der Waals surface area (Å²) >= 11 is 0. The maximum atomic E-state index is 3.70. The molecular formula is C12H21N. The summed E-state index contributed by atoms with van der Waals surface area (Å²) in [6, 6.07) is 0. The highest BCUT2D eigenvalue weighted by Crippen LogP contribution is 2.31. The minimum absolute atomic E-state index is 0.407. The monoisotopic (exact) mass is 179 g/mol. The molecule has 74 valence electrons. The van der Waals surface area contributed by atoms with E-state index in [1.165, 1.54) is 44.9 Å². The third-order valence-corrected chi connectivity index (χ3v) is 3.49. The van der Waals surface area contributed by atoms with Crippen LogP contribution in [0.15, 0.2) is 11.6 Å². The Morgan fingerprint density at radius 2 is 1.69 bits per heavy atom. The molecule has 1 heterocycles. The van der Waals surface area contributed by atoms with Crippen LogP contribution in [0.25, 0.3) is 0 Å². The zero-order valence-electron chi connectivity index (χ0n) is 8.73. The van der Waals surface area contributed by atoms with E-state index in [1.54, 1.807) is 5.57 Å². The molecule has 0 aromatic carbocycles. The highest BCUT2D eigenvalue weighted by Gasteiger charge is 2.30. The first kappa shape index (κ1) is 9.26. The van der Waals surface area contributed by atoms with E-state index in [-0.39, 0.29) is 0 Å². The first-order valence-corrected chi connectivity index (χ1v) is 5.74. The van der Waals surface area contributed by atoms with Gasteiger partial charge in [-0.15, -0.1) is 0 Å². The predicted molar refractivity (Wildman–Crippen MR) is 56.8 cm³/mol. The molecule has 0 atom stereocenters. The lowest BCUT2D eigenvalue weighted by Gasteiger charge is -2.30. The van der Waals surface area contributed by atoms with Crippen molar-refractivity contribution < 1.29 is 0 Å². The van der Waals surface area contributed by atoms with E-state index in [4.69, 9.17) is 0 Å². The minimum Gasteiger partial charge on any atom is -0.304 e. The van der Waals surface area contributed by atoms with Gasteiger partial charge in [0.1, 0.15) is 0 Å². The summed E-state index contributed by atoms with van der Waals surface area (Å²) in [6.07, 6.45) is 12.4. The van der Waals surface area contributed by atoms with Gasteiger partial charge in [-0.1, -0.05) is 43.8 Å². The third-order valence-electron chi connectivity index (χ3n) is 3.49. The van der Waals surface area contributed by atoms with Crippen LogP contribution in [0.3, 0.4) is 0 Å². The Morgan fingerprint density at radius 1 is 1.08 bits per heavy atom. The molecule has 0 bridgehead atoms. The molecule has 2 aliphatic rings. The normalized spacial score (nSPS) is 28.2. The van der Waals surface area contributed by atoms with E-state index in [2.05, 4.69) is 18.3 Å². The van der Waals surface area contributed by atoms with Gasteiger partial charge in [0.2, 0.25) is 0 Å². The molecule has 1 aliphatic heterocycles. The number of rotatable bonds is 0. The van der Waals surface area contributed by atoms with Crippen LogP contribution in [0, 0.1) is 0 Å². The van der Waals surface area contributed by atoms with Crippen molar-refractivity contribution in [3.8, 4) is 0 Å². The predicted octanol–water partition coefficient (Wildman–Crippen LogP) is 3.02. The summed E-state index contributed by atoms with van der Waals surface area (Å²) in [5.41, 5.74) is 1.95. The molecule has 1 aliphatic carbocycles. The smallest absolute Gasteiger partial charge is 0.0369 e. The fraction of sp³-hybridized carbons (Fsp3) is 0.833. The SMILES string of the molecule is CC1=CC2(CCCCCCC2)NC1. The van der Waals surface area contributed by atoms with Crippen molar-refractivity contribution in [3.05, 3.63) is 11.6 Å². The van der Waals surface area contributed by atoms with Gasteiger partial charge in [0.15, 0.2) is 0 Å². The second-order valence-electron chi connectivity index (χ2n) is 4.77. The fourth-order valence-corrected chi connectivity index (χ4v) is 2.75. The molecule has 0 radical (unpaired) electrons. The molecule has 1 heteroatoms. The summed E-state index contributed by atoms with van der Waals surface area (Å²) < 4.78 is 0. The van der Waals surface area contributed by atoms with Crippen molar-refractivity contribution in [3.63, 3.8) is 0 Å². The molecule has 0 aromatic heterocycles. The molecule has 1 fully saturated rings. The van der Waals surface area contributed by atoms with Gasteiger partial charge in [0.25, 0.3) is 0 Å². The summed E-state index contributed by atoms with van der Waals surface area (Å²) in [7, 11) is 0. The van der Waals surface area contributed by atoms with Gasteiger partial charge < -0.3 is 5.32 Å². The third kappa shape index (κ3) is 2.14. The summed E-state index contributed by atoms with van der Waals surface area (Å²) in [5.74, 6) is 0. The van der Waals surface area contributed by atoms with E-state index in [0.29, 0.717) is 5.54 Å². The van der Waals surface area contributed by atoms with E-state index in [9.17, 15) is 0 Å². The molecule has 1 N–H and O–H groups in total. The van der Waals surface area contributed by atoms with Crippen molar-refractivity contribution in [2.75, 3.05) is 6.54 Å². The number of nitrogens with one attached hydrogen (secondary N) is 1. The van der Waals surface area contributed by atoms with E-state index < -0.39 is 0 Å². The summed E-state index contributed by atoms with van der Waals surface area (Å²) in [5, 5.41) is 3.70. The average molecular weight is 179 g/mol. The van der Waals surface area contributed by atoms with Gasteiger partial charge in [0, 0.05) is 12.1 Å². The molecule has 0 unspecified atom stereocenters. The Kier molecular flexibility index (Phi) is 2.73. The number of hydrogen-bond acceptors (Lipinski definition) is 1. The maximum Gasteiger partial charge on any atom is 0.0369 e. The average Bonchev–Trinajstić information content (AvgIpc) is 2.42. The zero-order valence-corrected chi connectivity index (χ0v) is 8.73. The Hall–Kier alpha value is -0.300. The molecule has 1 spiro atoms. The van der Waals surface area contributed by atoms with Crippen LogP contribution in [0.5, 0.6) is 0 Å². The lowest BCUT2D eigenvalue weighted by atomic mass is 9.84. The van der Waals surface area contributed by atoms with Gasteiger partial charge in [-0.05, 0) is 19.8 Å². The van der Waals surface area contributed by atoms with E-state index in [1.807, 2.05) is 0 Å². The zero-order chi connectivity index (χ0) is 9.15. The van der Waals surface area contributed by atoms with Crippen molar-refractivity contribution in [1.82, 2.24) is 5.32 Å². The van der Waals surface area contributed by atoms with Crippen LogP contribution >= 0.6 is 0 Å². The first-order valence-electron chi connectivity index (χ1n) is 5.74. The van der Waals surface area contributed by atoms with Crippen LogP contribution in [0.1, 0.15) is 51.9 Å². The van der Waals surface area contributed by atoms with Crippen LogP contribution in [0.4, 0.5) is 0 Å². The summed E-state index contributed by atoms with van der Waals surface area (Å²) in [4.78, 5) is 0. The lowest BCUT2D eigenvalue weighted by Crippen LogP contribution is -2.40. The Bertz CT molecular complexity index is 197. The number of hydrogen-bond donors (Lipinski definition) is 1. The fourth-order valence-electron chi connectivity index (χ4n) is 2.75. The molecular weight excluding hydrogens is 158 g/mol. The topological polar surface area (TPSA) is 12.0 Å². The molecule has 0 amide bonds. The minimum atomic E-state index is 0.407. The quantitative estimate of drug-likeness (QED) is 0.564. The van der Waals surface area contributed by atoms with Gasteiger partial charge in [0.05, 0.1) is 0 Å². The molecule has 0 aromatic rings. The van der Waals surface area contributed by atoms with Gasteiger partial charge in [-0.2, -0.15) is 0 Å². The summed E-state index contributed by atoms with van der Waals surface area (Å²) in [6.45, 7) is 3.38. The maximum absolute atomic E-state index is 3.70. The van der Waals surface area contributed by atoms with E-state index >= 15 is 0 Å². The largest absolute Gasteiger partial charge is 0.304 e. The second kappa shape index (κ2) is 3.83. The van der Waals surface area contributed by atoms with Crippen LogP contribution in [-0.4, -0.2) is 12.1 Å². The second-order valence-corrected chi connectivity index (χ2v) is 4.77. The van der Waals surface area contributed by atoms with Gasteiger partial charge >= 0.3 is 0 Å². The molecule has 2 rings (SSSR count). The Labute approximate surface area is 81.6 Å². The van der Waals surface area contributed by atoms with Gasteiger partial charge in [-0.25, -0.2) is 0 Å². The lowest BCUT2D eigenvalue weighted by molar-refractivity contribution is 0.332. The van der Waals surface area contributed by atoms with Crippen molar-refractivity contribution >= 4 is 0 Å². The van der Waals surface area contributed by atoms with Crippen LogP contribution < -0.4 is 5.32 Å². The highest BCUT2D eigenvalue weighted by molar-refractivity contribution is 5.21.